The fourth-order valence-corrected chi connectivity index (χ4v) is 2.26. The van der Waals surface area contributed by atoms with Crippen LogP contribution in [0.15, 0.2) is 42.5 Å². The second-order valence-corrected chi connectivity index (χ2v) is 5.34. The van der Waals surface area contributed by atoms with Crippen molar-refractivity contribution in [3.8, 4) is 5.75 Å². The summed E-state index contributed by atoms with van der Waals surface area (Å²) >= 11 is 0. The Balaban J connectivity index is 1.80. The molecule has 1 aromatic heterocycles. The van der Waals surface area contributed by atoms with Crippen LogP contribution in [-0.2, 0) is 6.61 Å². The first-order chi connectivity index (χ1) is 11.0. The molecule has 5 heteroatoms. The molecule has 1 heterocycles. The number of carbonyl (C=O) groups is 1. The molecular formula is C18H16N2O3. The van der Waals surface area contributed by atoms with Crippen molar-refractivity contribution in [2.45, 2.75) is 20.5 Å². The molecule has 116 valence electrons. The zero-order chi connectivity index (χ0) is 16.4. The van der Waals surface area contributed by atoms with Gasteiger partial charge in [0.2, 0.25) is 0 Å². The zero-order valence-electron chi connectivity index (χ0n) is 12.9. The number of aryl methyl sites for hydroxylation is 2. The van der Waals surface area contributed by atoms with E-state index in [-0.39, 0.29) is 5.56 Å². The first-order valence-corrected chi connectivity index (χ1v) is 7.23. The monoisotopic (exact) mass is 308 g/mol. The number of carboxylic acid groups (broad SMARTS) is 1. The van der Waals surface area contributed by atoms with E-state index < -0.39 is 5.97 Å². The van der Waals surface area contributed by atoms with E-state index in [1.165, 1.54) is 0 Å². The fourth-order valence-electron chi connectivity index (χ4n) is 2.26. The molecule has 0 atom stereocenters. The minimum absolute atomic E-state index is 0.251. The van der Waals surface area contributed by atoms with Gasteiger partial charge in [-0.2, -0.15) is 0 Å². The molecule has 0 saturated carbocycles. The predicted molar refractivity (Wildman–Crippen MR) is 86.7 cm³/mol. The number of ether oxygens (including phenoxy) is 1. The number of benzene rings is 2. The number of fused-ring (bicyclic) bond motifs is 1. The third kappa shape index (κ3) is 3.29. The van der Waals surface area contributed by atoms with E-state index in [1.54, 1.807) is 18.2 Å². The first-order valence-electron chi connectivity index (χ1n) is 7.23. The van der Waals surface area contributed by atoms with Gasteiger partial charge in [-0.15, -0.1) is 0 Å². The smallest absolute Gasteiger partial charge is 0.335 e. The van der Waals surface area contributed by atoms with Crippen LogP contribution in [0.5, 0.6) is 5.75 Å². The largest absolute Gasteiger partial charge is 0.489 e. The van der Waals surface area contributed by atoms with Crippen molar-refractivity contribution in [3.63, 3.8) is 0 Å². The van der Waals surface area contributed by atoms with Gasteiger partial charge in [0.1, 0.15) is 12.4 Å². The van der Waals surface area contributed by atoms with Crippen molar-refractivity contribution >= 4 is 17.0 Å². The number of hydrogen-bond donors (Lipinski definition) is 1. The van der Waals surface area contributed by atoms with Gasteiger partial charge in [0, 0.05) is 6.07 Å². The van der Waals surface area contributed by atoms with E-state index >= 15 is 0 Å². The van der Waals surface area contributed by atoms with Crippen LogP contribution in [0.25, 0.3) is 11.0 Å². The number of rotatable bonds is 4. The average Bonchev–Trinajstić information content (AvgIpc) is 2.54. The zero-order valence-corrected chi connectivity index (χ0v) is 12.9. The second kappa shape index (κ2) is 6.04. The van der Waals surface area contributed by atoms with Crippen LogP contribution in [-0.4, -0.2) is 21.0 Å². The van der Waals surface area contributed by atoms with Gasteiger partial charge < -0.3 is 9.84 Å². The number of nitrogens with zero attached hydrogens (tertiary/aromatic N) is 2. The molecule has 0 aliphatic carbocycles. The van der Waals surface area contributed by atoms with Crippen molar-refractivity contribution in [1.82, 2.24) is 9.97 Å². The molecule has 0 aliphatic heterocycles. The molecule has 0 fully saturated rings. The van der Waals surface area contributed by atoms with E-state index in [1.807, 2.05) is 38.1 Å². The normalized spacial score (nSPS) is 10.7. The molecule has 5 nitrogen and oxygen atoms in total. The molecule has 1 N–H and O–H groups in total. The summed E-state index contributed by atoms with van der Waals surface area (Å²) in [7, 11) is 0. The quantitative estimate of drug-likeness (QED) is 0.798. The number of hydrogen-bond acceptors (Lipinski definition) is 4. The minimum Gasteiger partial charge on any atom is -0.489 e. The molecule has 2 aromatic carbocycles. The summed E-state index contributed by atoms with van der Waals surface area (Å²) in [6.07, 6.45) is 0. The fraction of sp³-hybridized carbons (Fsp3) is 0.167. The van der Waals surface area contributed by atoms with Crippen molar-refractivity contribution in [3.05, 3.63) is 65.0 Å². The second-order valence-electron chi connectivity index (χ2n) is 5.34. The standard InChI is InChI=1S/C18H16N2O3/c1-11-12(2)20-17-9-15(6-7-16(17)19-11)23-10-13-4-3-5-14(8-13)18(21)22/h3-9H,10H2,1-2H3,(H,21,22). The third-order valence-electron chi connectivity index (χ3n) is 3.63. The van der Waals surface area contributed by atoms with Crippen LogP contribution in [0.3, 0.4) is 0 Å². The number of aromatic nitrogens is 2. The van der Waals surface area contributed by atoms with E-state index in [0.717, 1.165) is 28.0 Å². The van der Waals surface area contributed by atoms with Gasteiger partial charge in [-0.25, -0.2) is 14.8 Å². The van der Waals surface area contributed by atoms with Gasteiger partial charge in [0.15, 0.2) is 0 Å². The highest BCUT2D eigenvalue weighted by Crippen LogP contribution is 2.20. The van der Waals surface area contributed by atoms with Crippen LogP contribution in [0, 0.1) is 13.8 Å². The maximum Gasteiger partial charge on any atom is 0.335 e. The van der Waals surface area contributed by atoms with E-state index in [0.29, 0.717) is 12.4 Å². The molecule has 23 heavy (non-hydrogen) atoms. The SMILES string of the molecule is Cc1nc2ccc(OCc3cccc(C(=O)O)c3)cc2nc1C. The first kappa shape index (κ1) is 15.0. The summed E-state index contributed by atoms with van der Waals surface area (Å²) in [4.78, 5) is 20.0. The highest BCUT2D eigenvalue weighted by molar-refractivity contribution is 5.87. The lowest BCUT2D eigenvalue weighted by Gasteiger charge is -2.08. The summed E-state index contributed by atoms with van der Waals surface area (Å²) in [5, 5.41) is 9.01. The lowest BCUT2D eigenvalue weighted by molar-refractivity contribution is 0.0696. The van der Waals surface area contributed by atoms with Gasteiger partial charge in [-0.3, -0.25) is 0 Å². The Labute approximate surface area is 133 Å². The number of aromatic carboxylic acids is 1. The Bertz CT molecular complexity index is 891. The molecule has 3 aromatic rings. The topological polar surface area (TPSA) is 72.3 Å². The van der Waals surface area contributed by atoms with E-state index in [9.17, 15) is 4.79 Å². The Kier molecular flexibility index (Phi) is 3.93. The Morgan fingerprint density at radius 1 is 1.04 bits per heavy atom. The van der Waals surface area contributed by atoms with Crippen LogP contribution in [0.2, 0.25) is 0 Å². The summed E-state index contributed by atoms with van der Waals surface area (Å²) in [5.41, 5.74) is 4.47. The van der Waals surface area contributed by atoms with Crippen molar-refractivity contribution in [2.75, 3.05) is 0 Å². The van der Waals surface area contributed by atoms with E-state index in [4.69, 9.17) is 9.84 Å². The molecule has 0 aliphatic rings. The summed E-state index contributed by atoms with van der Waals surface area (Å²) in [6, 6.07) is 12.3. The van der Waals surface area contributed by atoms with Crippen LogP contribution < -0.4 is 4.74 Å². The maximum atomic E-state index is 11.0. The molecule has 3 rings (SSSR count). The van der Waals surface area contributed by atoms with E-state index in [2.05, 4.69) is 9.97 Å². The van der Waals surface area contributed by atoms with Crippen LogP contribution >= 0.6 is 0 Å². The van der Waals surface area contributed by atoms with Crippen molar-refractivity contribution in [2.24, 2.45) is 0 Å². The lowest BCUT2D eigenvalue weighted by atomic mass is 10.1. The Morgan fingerprint density at radius 2 is 1.78 bits per heavy atom. The Hall–Kier alpha value is -2.95. The Morgan fingerprint density at radius 3 is 2.52 bits per heavy atom. The molecule has 0 saturated heterocycles. The molecule has 0 amide bonds. The summed E-state index contributed by atoms with van der Waals surface area (Å²) in [5.74, 6) is -0.269. The van der Waals surface area contributed by atoms with Gasteiger partial charge in [-0.1, -0.05) is 12.1 Å². The molecule has 0 spiro atoms. The highest BCUT2D eigenvalue weighted by atomic mass is 16.5. The maximum absolute atomic E-state index is 11.0. The van der Waals surface area contributed by atoms with Gasteiger partial charge >= 0.3 is 5.97 Å². The average molecular weight is 308 g/mol. The summed E-state index contributed by atoms with van der Waals surface area (Å²) in [6.45, 7) is 4.15. The molecule has 0 bridgehead atoms. The van der Waals surface area contributed by atoms with Crippen LogP contribution in [0.1, 0.15) is 27.3 Å². The molecule has 0 unspecified atom stereocenters. The van der Waals surface area contributed by atoms with Crippen molar-refractivity contribution in [1.29, 1.82) is 0 Å². The van der Waals surface area contributed by atoms with Gasteiger partial charge in [0.25, 0.3) is 0 Å². The van der Waals surface area contributed by atoms with Gasteiger partial charge in [-0.05, 0) is 43.7 Å². The molecular weight excluding hydrogens is 292 g/mol. The van der Waals surface area contributed by atoms with Gasteiger partial charge in [0.05, 0.1) is 28.0 Å². The summed E-state index contributed by atoms with van der Waals surface area (Å²) < 4.78 is 5.74. The third-order valence-corrected chi connectivity index (χ3v) is 3.63. The van der Waals surface area contributed by atoms with Crippen molar-refractivity contribution < 1.29 is 14.6 Å². The van der Waals surface area contributed by atoms with Crippen LogP contribution in [0.4, 0.5) is 0 Å². The predicted octanol–water partition coefficient (Wildman–Crippen LogP) is 3.52. The number of carboxylic acids is 1. The minimum atomic E-state index is -0.946. The lowest BCUT2D eigenvalue weighted by Crippen LogP contribution is -2.00. The highest BCUT2D eigenvalue weighted by Gasteiger charge is 2.06. The molecule has 0 radical (unpaired) electrons.